The number of rotatable bonds is 8. The summed E-state index contributed by atoms with van der Waals surface area (Å²) < 4.78 is 2.11. The van der Waals surface area contributed by atoms with Gasteiger partial charge in [0.15, 0.2) is 0 Å². The van der Waals surface area contributed by atoms with Crippen LogP contribution in [0.25, 0.3) is 11.0 Å². The largest absolute Gasteiger partial charge is 0.368 e. The van der Waals surface area contributed by atoms with E-state index >= 15 is 0 Å². The van der Waals surface area contributed by atoms with Gasteiger partial charge in [0, 0.05) is 83.6 Å². The molecule has 7 rings (SSSR count). The van der Waals surface area contributed by atoms with Crippen LogP contribution in [0.1, 0.15) is 54.2 Å². The standard InChI is InChI=1S/C33H39N11O3/c1-40(2)31(46)26-17-23-18-36-32(39-30(23)44(26)24-5-3-4-6-24)37-28-8-7-25(19-35-28)42-15-13-41(14-16-42)21-22-9-11-34-20-27(22)43-12-10-29(45)38-33(43)47/h7-9,11,17-20,24H,3-6,10,12-16,21H2,1-2H3,(H,38,45,47)(H,35,36,37,39). The van der Waals surface area contributed by atoms with Gasteiger partial charge in [-0.25, -0.2) is 14.8 Å². The van der Waals surface area contributed by atoms with Gasteiger partial charge in [-0.15, -0.1) is 0 Å². The maximum atomic E-state index is 13.0. The second-order valence-corrected chi connectivity index (χ2v) is 12.6. The van der Waals surface area contributed by atoms with Gasteiger partial charge < -0.3 is 19.7 Å². The number of fused-ring (bicyclic) bond motifs is 1. The average molecular weight is 638 g/mol. The molecule has 3 fully saturated rings. The zero-order valence-electron chi connectivity index (χ0n) is 26.7. The van der Waals surface area contributed by atoms with E-state index in [1.807, 2.05) is 24.4 Å². The molecular weight excluding hydrogens is 598 g/mol. The van der Waals surface area contributed by atoms with E-state index < -0.39 is 6.03 Å². The number of imide groups is 1. The SMILES string of the molecule is CN(C)C(=O)c1cc2cnc(Nc3ccc(N4CCN(Cc5ccncc5N5CCC(=O)NC5=O)CC4)cn3)nc2n1C1CCCC1. The Morgan fingerprint density at radius 3 is 2.53 bits per heavy atom. The van der Waals surface area contributed by atoms with Gasteiger partial charge in [0.25, 0.3) is 5.91 Å². The van der Waals surface area contributed by atoms with Gasteiger partial charge in [0.2, 0.25) is 11.9 Å². The molecule has 6 heterocycles. The number of nitrogens with one attached hydrogen (secondary N) is 2. The highest BCUT2D eigenvalue weighted by molar-refractivity contribution is 6.05. The first kappa shape index (κ1) is 30.5. The highest BCUT2D eigenvalue weighted by Gasteiger charge is 2.28. The van der Waals surface area contributed by atoms with Crippen molar-refractivity contribution in [2.45, 2.75) is 44.7 Å². The van der Waals surface area contributed by atoms with E-state index in [-0.39, 0.29) is 24.3 Å². The molecule has 244 valence electrons. The fourth-order valence-electron chi connectivity index (χ4n) is 6.75. The van der Waals surface area contributed by atoms with Gasteiger partial charge in [-0.05, 0) is 42.7 Å². The van der Waals surface area contributed by atoms with Crippen molar-refractivity contribution >= 4 is 52.0 Å². The molecule has 0 atom stereocenters. The minimum absolute atomic E-state index is 0.0326. The molecule has 0 bridgehead atoms. The maximum Gasteiger partial charge on any atom is 0.328 e. The van der Waals surface area contributed by atoms with Crippen LogP contribution >= 0.6 is 0 Å². The number of piperazine rings is 1. The minimum atomic E-state index is -0.401. The van der Waals surface area contributed by atoms with Crippen molar-refractivity contribution in [1.82, 2.24) is 39.6 Å². The summed E-state index contributed by atoms with van der Waals surface area (Å²) in [6.07, 6.45) is 11.7. The van der Waals surface area contributed by atoms with E-state index in [9.17, 15) is 14.4 Å². The molecule has 1 aliphatic carbocycles. The Morgan fingerprint density at radius 2 is 1.81 bits per heavy atom. The summed E-state index contributed by atoms with van der Waals surface area (Å²) in [7, 11) is 3.55. The Kier molecular flexibility index (Phi) is 8.41. The predicted octanol–water partition coefficient (Wildman–Crippen LogP) is 3.55. The highest BCUT2D eigenvalue weighted by atomic mass is 16.2. The van der Waals surface area contributed by atoms with Gasteiger partial charge in [-0.3, -0.25) is 29.7 Å². The first-order chi connectivity index (χ1) is 22.8. The number of hydrogen-bond donors (Lipinski definition) is 2. The molecule has 4 aromatic rings. The lowest BCUT2D eigenvalue weighted by Gasteiger charge is -2.36. The Balaban J connectivity index is 0.995. The number of amides is 4. The van der Waals surface area contributed by atoms with Crippen LogP contribution in [0, 0.1) is 0 Å². The van der Waals surface area contributed by atoms with Gasteiger partial charge in [-0.1, -0.05) is 12.8 Å². The third kappa shape index (κ3) is 6.32. The smallest absolute Gasteiger partial charge is 0.328 e. The minimum Gasteiger partial charge on any atom is -0.368 e. The fraction of sp³-hybridized carbons (Fsp3) is 0.424. The molecular formula is C33H39N11O3. The lowest BCUT2D eigenvalue weighted by Crippen LogP contribution is -2.50. The van der Waals surface area contributed by atoms with Crippen LogP contribution in [0.3, 0.4) is 0 Å². The van der Waals surface area contributed by atoms with Crippen LogP contribution in [0.4, 0.5) is 27.9 Å². The van der Waals surface area contributed by atoms with Crippen molar-refractivity contribution < 1.29 is 14.4 Å². The van der Waals surface area contributed by atoms with E-state index in [1.165, 1.54) is 0 Å². The molecule has 14 nitrogen and oxygen atoms in total. The molecule has 4 amide bonds. The first-order valence-corrected chi connectivity index (χ1v) is 16.2. The van der Waals surface area contributed by atoms with Crippen LogP contribution in [-0.2, 0) is 11.3 Å². The fourth-order valence-corrected chi connectivity index (χ4v) is 6.75. The van der Waals surface area contributed by atoms with Crippen molar-refractivity contribution in [3.05, 3.63) is 60.3 Å². The van der Waals surface area contributed by atoms with Crippen molar-refractivity contribution in [1.29, 1.82) is 0 Å². The third-order valence-corrected chi connectivity index (χ3v) is 9.24. The first-order valence-electron chi connectivity index (χ1n) is 16.2. The molecule has 2 N–H and O–H groups in total. The summed E-state index contributed by atoms with van der Waals surface area (Å²) in [5, 5.41) is 6.50. The number of urea groups is 1. The second-order valence-electron chi connectivity index (χ2n) is 12.6. The van der Waals surface area contributed by atoms with Crippen LogP contribution in [0.2, 0.25) is 0 Å². The van der Waals surface area contributed by atoms with E-state index in [0.29, 0.717) is 30.5 Å². The number of nitrogens with zero attached hydrogens (tertiary/aromatic N) is 9. The quantitative estimate of drug-likeness (QED) is 0.294. The normalized spacial score (nSPS) is 17.7. The average Bonchev–Trinajstić information content (AvgIpc) is 3.74. The maximum absolute atomic E-state index is 13.0. The Hall–Kier alpha value is -5.11. The summed E-state index contributed by atoms with van der Waals surface area (Å²) in [5.74, 6) is 0.801. The third-order valence-electron chi connectivity index (χ3n) is 9.24. The monoisotopic (exact) mass is 637 g/mol. The van der Waals surface area contributed by atoms with Crippen LogP contribution in [0.5, 0.6) is 0 Å². The molecule has 4 aromatic heterocycles. The Labute approximate surface area is 272 Å². The van der Waals surface area contributed by atoms with Crippen LogP contribution in [0.15, 0.2) is 49.1 Å². The summed E-state index contributed by atoms with van der Waals surface area (Å²) in [4.78, 5) is 63.2. The predicted molar refractivity (Wildman–Crippen MR) is 178 cm³/mol. The topological polar surface area (TPSA) is 145 Å². The highest BCUT2D eigenvalue weighted by Crippen LogP contribution is 2.35. The van der Waals surface area contributed by atoms with Crippen molar-refractivity contribution in [2.75, 3.05) is 61.9 Å². The molecule has 1 saturated carbocycles. The second kappa shape index (κ2) is 12.9. The molecule has 0 aromatic carbocycles. The van der Waals surface area contributed by atoms with Crippen molar-refractivity contribution in [3.8, 4) is 0 Å². The lowest BCUT2D eigenvalue weighted by molar-refractivity contribution is -0.120. The van der Waals surface area contributed by atoms with Crippen molar-refractivity contribution in [3.63, 3.8) is 0 Å². The summed E-state index contributed by atoms with van der Waals surface area (Å²) >= 11 is 0. The number of aromatic nitrogens is 5. The summed E-state index contributed by atoms with van der Waals surface area (Å²) in [6.45, 7) is 4.39. The number of anilines is 4. The molecule has 0 unspecified atom stereocenters. The van der Waals surface area contributed by atoms with Crippen LogP contribution < -0.4 is 20.4 Å². The van der Waals surface area contributed by atoms with Gasteiger partial charge in [-0.2, -0.15) is 4.98 Å². The lowest BCUT2D eigenvalue weighted by atomic mass is 10.1. The number of carbonyl (C=O) groups excluding carboxylic acids is 3. The van der Waals surface area contributed by atoms with Crippen LogP contribution in [-0.4, -0.2) is 99.0 Å². The van der Waals surface area contributed by atoms with E-state index in [2.05, 4.69) is 46.0 Å². The van der Waals surface area contributed by atoms with E-state index in [4.69, 9.17) is 4.98 Å². The Bertz CT molecular complexity index is 1790. The Morgan fingerprint density at radius 1 is 1.00 bits per heavy atom. The molecule has 2 aliphatic heterocycles. The van der Waals surface area contributed by atoms with Gasteiger partial charge in [0.05, 0.1) is 23.8 Å². The van der Waals surface area contributed by atoms with E-state index in [1.54, 1.807) is 42.5 Å². The summed E-state index contributed by atoms with van der Waals surface area (Å²) in [6, 6.07) is 7.68. The van der Waals surface area contributed by atoms with Gasteiger partial charge >= 0.3 is 6.03 Å². The molecule has 2 saturated heterocycles. The molecule has 0 spiro atoms. The number of pyridine rings is 2. The molecule has 47 heavy (non-hydrogen) atoms. The summed E-state index contributed by atoms with van der Waals surface area (Å²) in [5.41, 5.74) is 4.20. The molecule has 0 radical (unpaired) electrons. The van der Waals surface area contributed by atoms with Crippen molar-refractivity contribution in [2.24, 2.45) is 0 Å². The zero-order valence-corrected chi connectivity index (χ0v) is 26.7. The molecule has 3 aliphatic rings. The van der Waals surface area contributed by atoms with E-state index in [0.717, 1.165) is 79.8 Å². The van der Waals surface area contributed by atoms with Gasteiger partial charge in [0.1, 0.15) is 17.2 Å². The number of carbonyl (C=O) groups is 3. The zero-order chi connectivity index (χ0) is 32.5. The molecule has 14 heteroatoms. The number of hydrogen-bond acceptors (Lipinski definition) is 10.